The van der Waals surface area contributed by atoms with E-state index >= 15 is 0 Å². The highest BCUT2D eigenvalue weighted by Gasteiger charge is 2.44. The fourth-order valence-corrected chi connectivity index (χ4v) is 5.00. The summed E-state index contributed by atoms with van der Waals surface area (Å²) in [7, 11) is 0. The summed E-state index contributed by atoms with van der Waals surface area (Å²) in [5, 5.41) is 17.8. The molecule has 154 valence electrons. The first-order valence-electron chi connectivity index (χ1n) is 10.8. The minimum absolute atomic E-state index is 0.0428. The van der Waals surface area contributed by atoms with Crippen molar-refractivity contribution < 1.29 is 14.4 Å². The molecule has 1 amide bonds. The molecule has 2 N–H and O–H groups in total. The molecule has 1 heterocycles. The lowest BCUT2D eigenvalue weighted by atomic mass is 9.71. The Hall–Kier alpha value is -3.08. The first kappa shape index (κ1) is 18.9. The number of hydrogen-bond donors (Lipinski definition) is 2. The maximum atomic E-state index is 13.3. The quantitative estimate of drug-likeness (QED) is 0.621. The minimum atomic E-state index is -0.226. The summed E-state index contributed by atoms with van der Waals surface area (Å²) in [6.07, 6.45) is 5.89. The largest absolute Gasteiger partial charge is 0.507 e. The number of aromatic nitrogens is 1. The third-order valence-corrected chi connectivity index (χ3v) is 6.83. The van der Waals surface area contributed by atoms with Crippen molar-refractivity contribution in [1.29, 1.82) is 0 Å². The number of hydrogen-bond acceptors (Lipinski definition) is 4. The standard InChI is InChI=1S/C25H26N2O3/c28-22-13-5-4-10-20(22)23-16-21(27-30-23)18-11-6-12-19(18)24(29)26-25(14-7-15-25)17-8-2-1-3-9-17/h1-5,8-10,13,16,18-19,28H,6-7,11-12,14-15H2,(H,26,29)/t18-,19-/m1/s1. The van der Waals surface area contributed by atoms with Crippen LogP contribution >= 0.6 is 0 Å². The van der Waals surface area contributed by atoms with Gasteiger partial charge in [-0.3, -0.25) is 4.79 Å². The molecule has 2 aliphatic rings. The molecule has 2 aromatic carbocycles. The molecule has 30 heavy (non-hydrogen) atoms. The average Bonchev–Trinajstić information content (AvgIpc) is 3.41. The zero-order valence-electron chi connectivity index (χ0n) is 16.9. The smallest absolute Gasteiger partial charge is 0.224 e. The van der Waals surface area contributed by atoms with Crippen LogP contribution in [0.15, 0.2) is 65.2 Å². The van der Waals surface area contributed by atoms with Crippen molar-refractivity contribution in [2.24, 2.45) is 5.92 Å². The van der Waals surface area contributed by atoms with E-state index in [0.717, 1.165) is 44.2 Å². The van der Waals surface area contributed by atoms with Crippen molar-refractivity contribution in [3.8, 4) is 17.1 Å². The van der Waals surface area contributed by atoms with Crippen LogP contribution in [-0.2, 0) is 10.3 Å². The van der Waals surface area contributed by atoms with Gasteiger partial charge in [-0.25, -0.2) is 0 Å². The van der Waals surface area contributed by atoms with Gasteiger partial charge in [-0.1, -0.05) is 54.0 Å². The number of carbonyl (C=O) groups is 1. The van der Waals surface area contributed by atoms with Crippen LogP contribution < -0.4 is 5.32 Å². The van der Waals surface area contributed by atoms with Crippen molar-refractivity contribution in [2.75, 3.05) is 0 Å². The van der Waals surface area contributed by atoms with Crippen LogP contribution in [0, 0.1) is 5.92 Å². The fourth-order valence-electron chi connectivity index (χ4n) is 5.00. The van der Waals surface area contributed by atoms with Gasteiger partial charge in [0.2, 0.25) is 5.91 Å². The van der Waals surface area contributed by atoms with Gasteiger partial charge < -0.3 is 14.9 Å². The fraction of sp³-hybridized carbons (Fsp3) is 0.360. The SMILES string of the molecule is O=C(NC1(c2ccccc2)CCC1)[C@@H]1CCC[C@H]1c1cc(-c2ccccc2O)on1. The van der Waals surface area contributed by atoms with Crippen LogP contribution in [0.3, 0.4) is 0 Å². The number of amides is 1. The average molecular weight is 402 g/mol. The lowest BCUT2D eigenvalue weighted by Gasteiger charge is -2.44. The van der Waals surface area contributed by atoms with Crippen molar-refractivity contribution in [3.05, 3.63) is 71.9 Å². The molecule has 0 spiro atoms. The van der Waals surface area contributed by atoms with E-state index in [2.05, 4.69) is 22.6 Å². The summed E-state index contributed by atoms with van der Waals surface area (Å²) in [5.74, 6) is 0.757. The van der Waals surface area contributed by atoms with E-state index in [9.17, 15) is 9.90 Å². The number of carbonyl (C=O) groups excluding carboxylic acids is 1. The van der Waals surface area contributed by atoms with Crippen molar-refractivity contribution in [3.63, 3.8) is 0 Å². The summed E-state index contributed by atoms with van der Waals surface area (Å²) in [6.45, 7) is 0. The van der Waals surface area contributed by atoms with Gasteiger partial charge in [0.15, 0.2) is 5.76 Å². The van der Waals surface area contributed by atoms with Crippen LogP contribution in [0.1, 0.15) is 55.7 Å². The Balaban J connectivity index is 1.36. The molecule has 0 aliphatic heterocycles. The predicted molar refractivity (Wildman–Crippen MR) is 114 cm³/mol. The molecule has 5 heteroatoms. The maximum absolute atomic E-state index is 13.3. The summed E-state index contributed by atoms with van der Waals surface area (Å²) in [4.78, 5) is 13.3. The zero-order valence-corrected chi connectivity index (χ0v) is 16.9. The maximum Gasteiger partial charge on any atom is 0.224 e. The molecule has 3 aromatic rings. The molecule has 5 nitrogen and oxygen atoms in total. The van der Waals surface area contributed by atoms with E-state index in [4.69, 9.17) is 4.52 Å². The molecule has 0 radical (unpaired) electrons. The number of aromatic hydroxyl groups is 1. The van der Waals surface area contributed by atoms with Gasteiger partial charge >= 0.3 is 0 Å². The van der Waals surface area contributed by atoms with Gasteiger partial charge in [0.25, 0.3) is 0 Å². The Morgan fingerprint density at radius 1 is 1.03 bits per heavy atom. The van der Waals surface area contributed by atoms with E-state index in [0.29, 0.717) is 11.3 Å². The molecule has 1 aromatic heterocycles. The Labute approximate surface area is 176 Å². The number of para-hydroxylation sites is 1. The lowest BCUT2D eigenvalue weighted by molar-refractivity contribution is -0.128. The lowest BCUT2D eigenvalue weighted by Crippen LogP contribution is -2.52. The third-order valence-electron chi connectivity index (χ3n) is 6.83. The van der Waals surface area contributed by atoms with E-state index in [-0.39, 0.29) is 29.0 Å². The van der Waals surface area contributed by atoms with Gasteiger partial charge in [0.1, 0.15) is 5.75 Å². The number of phenolic OH excluding ortho intramolecular Hbond substituents is 1. The second-order valence-electron chi connectivity index (χ2n) is 8.57. The molecule has 2 saturated carbocycles. The molecular formula is C25H26N2O3. The Bertz CT molecular complexity index is 1040. The Morgan fingerprint density at radius 2 is 1.80 bits per heavy atom. The Kier molecular flexibility index (Phi) is 4.81. The Morgan fingerprint density at radius 3 is 2.53 bits per heavy atom. The first-order valence-corrected chi connectivity index (χ1v) is 10.8. The molecule has 5 rings (SSSR count). The van der Waals surface area contributed by atoms with E-state index in [1.165, 1.54) is 5.56 Å². The van der Waals surface area contributed by atoms with Gasteiger partial charge in [0.05, 0.1) is 16.8 Å². The summed E-state index contributed by atoms with van der Waals surface area (Å²) in [5.41, 5.74) is 2.39. The van der Waals surface area contributed by atoms with E-state index < -0.39 is 0 Å². The highest BCUT2D eigenvalue weighted by Crippen LogP contribution is 2.45. The normalized spacial score (nSPS) is 22.4. The van der Waals surface area contributed by atoms with Gasteiger partial charge in [-0.05, 0) is 49.8 Å². The number of benzene rings is 2. The van der Waals surface area contributed by atoms with Crippen LogP contribution in [0.5, 0.6) is 5.75 Å². The third kappa shape index (κ3) is 3.28. The number of nitrogens with zero attached hydrogens (tertiary/aromatic N) is 1. The van der Waals surface area contributed by atoms with Crippen molar-refractivity contribution >= 4 is 5.91 Å². The number of rotatable bonds is 5. The van der Waals surface area contributed by atoms with Gasteiger partial charge in [-0.2, -0.15) is 0 Å². The molecule has 2 fully saturated rings. The molecular weight excluding hydrogens is 376 g/mol. The minimum Gasteiger partial charge on any atom is -0.507 e. The number of nitrogens with one attached hydrogen (secondary N) is 1. The predicted octanol–water partition coefficient (Wildman–Crippen LogP) is 5.13. The molecule has 0 unspecified atom stereocenters. The zero-order chi connectivity index (χ0) is 20.6. The van der Waals surface area contributed by atoms with E-state index in [1.807, 2.05) is 30.3 Å². The first-order chi connectivity index (χ1) is 14.7. The van der Waals surface area contributed by atoms with Crippen LogP contribution in [-0.4, -0.2) is 16.2 Å². The van der Waals surface area contributed by atoms with Crippen molar-refractivity contribution in [2.45, 2.75) is 50.0 Å². The van der Waals surface area contributed by atoms with Gasteiger partial charge in [0, 0.05) is 17.9 Å². The highest BCUT2D eigenvalue weighted by atomic mass is 16.5. The monoisotopic (exact) mass is 402 g/mol. The summed E-state index contributed by atoms with van der Waals surface area (Å²) >= 11 is 0. The highest BCUT2D eigenvalue weighted by molar-refractivity contribution is 5.81. The molecule has 2 aliphatic carbocycles. The summed E-state index contributed by atoms with van der Waals surface area (Å²) < 4.78 is 5.53. The second-order valence-corrected chi connectivity index (χ2v) is 8.57. The molecule has 2 atom stereocenters. The topological polar surface area (TPSA) is 75.4 Å². The summed E-state index contributed by atoms with van der Waals surface area (Å²) in [6, 6.07) is 19.2. The van der Waals surface area contributed by atoms with Crippen LogP contribution in [0.25, 0.3) is 11.3 Å². The van der Waals surface area contributed by atoms with Crippen LogP contribution in [0.4, 0.5) is 0 Å². The van der Waals surface area contributed by atoms with Crippen molar-refractivity contribution in [1.82, 2.24) is 10.5 Å². The number of phenols is 1. The van der Waals surface area contributed by atoms with Crippen LogP contribution in [0.2, 0.25) is 0 Å². The van der Waals surface area contributed by atoms with E-state index in [1.54, 1.807) is 18.2 Å². The molecule has 0 bridgehead atoms. The van der Waals surface area contributed by atoms with Gasteiger partial charge in [-0.15, -0.1) is 0 Å². The molecule has 0 saturated heterocycles. The second kappa shape index (κ2) is 7.63.